The maximum Gasteiger partial charge on any atom is 0.323 e. The molecule has 0 spiro atoms. The van der Waals surface area contributed by atoms with Crippen LogP contribution in [0.1, 0.15) is 27.7 Å². The summed E-state index contributed by atoms with van der Waals surface area (Å²) in [6.07, 6.45) is 0. The molecular formula is C13H25N3O3. The first-order valence-electron chi connectivity index (χ1n) is 6.75. The van der Waals surface area contributed by atoms with Crippen molar-refractivity contribution in [3.63, 3.8) is 0 Å². The Labute approximate surface area is 114 Å². The second-order valence-electron chi connectivity index (χ2n) is 5.72. The molecule has 6 heteroatoms. The number of nitrogens with one attached hydrogen (secondary N) is 1. The lowest BCUT2D eigenvalue weighted by Gasteiger charge is -2.43. The lowest BCUT2D eigenvalue weighted by molar-refractivity contribution is -0.152. The quantitative estimate of drug-likeness (QED) is 0.736. The van der Waals surface area contributed by atoms with Gasteiger partial charge < -0.3 is 15.3 Å². The molecule has 1 saturated heterocycles. The van der Waals surface area contributed by atoms with Crippen molar-refractivity contribution in [2.24, 2.45) is 0 Å². The highest BCUT2D eigenvalue weighted by Gasteiger charge is 2.39. The molecule has 19 heavy (non-hydrogen) atoms. The fourth-order valence-electron chi connectivity index (χ4n) is 2.35. The number of carbonyl (C=O) groups excluding carboxylic acids is 1. The SMILES string of the molecule is CC(C)N(CC(=O)O)C(=O)C(C)(C)N1CCNCC1. The van der Waals surface area contributed by atoms with Crippen LogP contribution in [0.5, 0.6) is 0 Å². The number of hydrogen-bond donors (Lipinski definition) is 2. The van der Waals surface area contributed by atoms with E-state index in [4.69, 9.17) is 5.11 Å². The Morgan fingerprint density at radius 2 is 1.84 bits per heavy atom. The zero-order valence-corrected chi connectivity index (χ0v) is 12.3. The molecule has 1 aliphatic heterocycles. The first-order chi connectivity index (χ1) is 8.76. The molecule has 0 saturated carbocycles. The van der Waals surface area contributed by atoms with E-state index >= 15 is 0 Å². The van der Waals surface area contributed by atoms with Crippen LogP contribution in [-0.2, 0) is 9.59 Å². The highest BCUT2D eigenvalue weighted by Crippen LogP contribution is 2.19. The molecule has 1 amide bonds. The number of rotatable bonds is 5. The van der Waals surface area contributed by atoms with Gasteiger partial charge in [-0.1, -0.05) is 0 Å². The molecule has 1 aliphatic rings. The molecule has 0 aromatic carbocycles. The van der Waals surface area contributed by atoms with Gasteiger partial charge in [0, 0.05) is 32.2 Å². The van der Waals surface area contributed by atoms with Gasteiger partial charge in [-0.2, -0.15) is 0 Å². The Hall–Kier alpha value is -1.14. The van der Waals surface area contributed by atoms with Gasteiger partial charge in [-0.25, -0.2) is 0 Å². The summed E-state index contributed by atoms with van der Waals surface area (Å²) in [7, 11) is 0. The average Bonchev–Trinajstić information content (AvgIpc) is 2.35. The van der Waals surface area contributed by atoms with Crippen LogP contribution >= 0.6 is 0 Å². The molecule has 2 N–H and O–H groups in total. The number of piperazine rings is 1. The van der Waals surface area contributed by atoms with E-state index in [-0.39, 0.29) is 18.5 Å². The summed E-state index contributed by atoms with van der Waals surface area (Å²) in [5.41, 5.74) is -0.665. The smallest absolute Gasteiger partial charge is 0.323 e. The second kappa shape index (κ2) is 6.34. The van der Waals surface area contributed by atoms with Gasteiger partial charge in [0.25, 0.3) is 0 Å². The molecule has 1 heterocycles. The first-order valence-corrected chi connectivity index (χ1v) is 6.75. The van der Waals surface area contributed by atoms with Gasteiger partial charge in [0.2, 0.25) is 5.91 Å². The normalized spacial score (nSPS) is 17.5. The molecule has 1 fully saturated rings. The first kappa shape index (κ1) is 15.9. The van der Waals surface area contributed by atoms with Crippen LogP contribution in [0.2, 0.25) is 0 Å². The van der Waals surface area contributed by atoms with E-state index < -0.39 is 11.5 Å². The fraction of sp³-hybridized carbons (Fsp3) is 0.846. The third-order valence-electron chi connectivity index (χ3n) is 3.62. The minimum absolute atomic E-state index is 0.119. The van der Waals surface area contributed by atoms with Gasteiger partial charge >= 0.3 is 5.97 Å². The molecule has 110 valence electrons. The topological polar surface area (TPSA) is 72.9 Å². The number of aliphatic carboxylic acids is 1. The van der Waals surface area contributed by atoms with Crippen molar-refractivity contribution in [3.8, 4) is 0 Å². The number of hydrogen-bond acceptors (Lipinski definition) is 4. The summed E-state index contributed by atoms with van der Waals surface area (Å²) in [5.74, 6) is -1.09. The number of carboxylic acid groups (broad SMARTS) is 1. The lowest BCUT2D eigenvalue weighted by Crippen LogP contribution is -2.62. The van der Waals surface area contributed by atoms with Crippen LogP contribution < -0.4 is 5.32 Å². The van der Waals surface area contributed by atoms with Gasteiger partial charge in [0.1, 0.15) is 6.54 Å². The Balaban J connectivity index is 2.83. The van der Waals surface area contributed by atoms with Crippen molar-refractivity contribution in [2.75, 3.05) is 32.7 Å². The summed E-state index contributed by atoms with van der Waals surface area (Å²) in [6.45, 7) is 10.5. The predicted molar refractivity (Wildman–Crippen MR) is 73.0 cm³/mol. The maximum atomic E-state index is 12.6. The highest BCUT2D eigenvalue weighted by atomic mass is 16.4. The van der Waals surface area contributed by atoms with Crippen molar-refractivity contribution in [2.45, 2.75) is 39.3 Å². The molecule has 0 bridgehead atoms. The molecule has 0 atom stereocenters. The van der Waals surface area contributed by atoms with Crippen LogP contribution in [0.3, 0.4) is 0 Å². The minimum atomic E-state index is -0.974. The van der Waals surface area contributed by atoms with Crippen molar-refractivity contribution in [1.29, 1.82) is 0 Å². The summed E-state index contributed by atoms with van der Waals surface area (Å²) < 4.78 is 0. The minimum Gasteiger partial charge on any atom is -0.480 e. The molecule has 0 aliphatic carbocycles. The molecule has 1 rings (SSSR count). The Morgan fingerprint density at radius 1 is 1.32 bits per heavy atom. The number of carboxylic acids is 1. The van der Waals surface area contributed by atoms with Crippen LogP contribution in [0.4, 0.5) is 0 Å². The van der Waals surface area contributed by atoms with E-state index in [0.29, 0.717) is 0 Å². The lowest BCUT2D eigenvalue weighted by atomic mass is 9.98. The van der Waals surface area contributed by atoms with Crippen molar-refractivity contribution < 1.29 is 14.7 Å². The van der Waals surface area contributed by atoms with Gasteiger partial charge in [-0.3, -0.25) is 14.5 Å². The van der Waals surface area contributed by atoms with Crippen LogP contribution in [0.25, 0.3) is 0 Å². The number of amides is 1. The predicted octanol–water partition coefficient (Wildman–Crippen LogP) is -0.00820. The molecule has 0 aromatic heterocycles. The van der Waals surface area contributed by atoms with Crippen LogP contribution in [-0.4, -0.2) is 71.1 Å². The van der Waals surface area contributed by atoms with E-state index in [0.717, 1.165) is 26.2 Å². The van der Waals surface area contributed by atoms with Crippen LogP contribution in [0.15, 0.2) is 0 Å². The number of carbonyl (C=O) groups is 2. The van der Waals surface area contributed by atoms with E-state index in [1.165, 1.54) is 4.90 Å². The van der Waals surface area contributed by atoms with Crippen molar-refractivity contribution >= 4 is 11.9 Å². The third kappa shape index (κ3) is 3.91. The molecule has 6 nitrogen and oxygen atoms in total. The maximum absolute atomic E-state index is 12.6. The largest absolute Gasteiger partial charge is 0.480 e. The Bertz CT molecular complexity index is 336. The van der Waals surface area contributed by atoms with Crippen LogP contribution in [0, 0.1) is 0 Å². The molecule has 0 unspecified atom stereocenters. The fourth-order valence-corrected chi connectivity index (χ4v) is 2.35. The van der Waals surface area contributed by atoms with Gasteiger partial charge in [-0.05, 0) is 27.7 Å². The van der Waals surface area contributed by atoms with Gasteiger partial charge in [-0.15, -0.1) is 0 Å². The number of nitrogens with zero attached hydrogens (tertiary/aromatic N) is 2. The average molecular weight is 271 g/mol. The van der Waals surface area contributed by atoms with E-state index in [1.807, 2.05) is 27.7 Å². The summed E-state index contributed by atoms with van der Waals surface area (Å²) >= 11 is 0. The van der Waals surface area contributed by atoms with E-state index in [9.17, 15) is 9.59 Å². The van der Waals surface area contributed by atoms with Crippen molar-refractivity contribution in [1.82, 2.24) is 15.1 Å². The monoisotopic (exact) mass is 271 g/mol. The van der Waals surface area contributed by atoms with Gasteiger partial charge in [0.15, 0.2) is 0 Å². The van der Waals surface area contributed by atoms with E-state index in [2.05, 4.69) is 10.2 Å². The van der Waals surface area contributed by atoms with Gasteiger partial charge in [0.05, 0.1) is 5.54 Å². The Morgan fingerprint density at radius 3 is 2.26 bits per heavy atom. The van der Waals surface area contributed by atoms with E-state index in [1.54, 1.807) is 0 Å². The standard InChI is InChI=1S/C13H25N3O3/c1-10(2)16(9-11(17)18)12(19)13(3,4)15-7-5-14-6-8-15/h10,14H,5-9H2,1-4H3,(H,17,18). The summed E-state index contributed by atoms with van der Waals surface area (Å²) in [4.78, 5) is 27.1. The Kier molecular flexibility index (Phi) is 5.31. The molecule has 0 radical (unpaired) electrons. The molecule has 0 aromatic rings. The third-order valence-corrected chi connectivity index (χ3v) is 3.62. The zero-order chi connectivity index (χ0) is 14.6. The molecular weight excluding hydrogens is 246 g/mol. The van der Waals surface area contributed by atoms with Crippen molar-refractivity contribution in [3.05, 3.63) is 0 Å². The summed E-state index contributed by atoms with van der Waals surface area (Å²) in [6, 6.07) is -0.120. The zero-order valence-electron chi connectivity index (χ0n) is 12.3. The second-order valence-corrected chi connectivity index (χ2v) is 5.72. The highest BCUT2D eigenvalue weighted by molar-refractivity contribution is 5.88. The summed E-state index contributed by atoms with van der Waals surface area (Å²) in [5, 5.41) is 12.2.